The van der Waals surface area contributed by atoms with Crippen molar-refractivity contribution in [2.75, 3.05) is 0 Å². The van der Waals surface area contributed by atoms with Crippen molar-refractivity contribution in [1.29, 1.82) is 0 Å². The minimum Gasteiger partial charge on any atom is -0.414 e. The third kappa shape index (κ3) is 3.11. The topological polar surface area (TPSA) is 26.3 Å². The molecule has 0 saturated carbocycles. The Hall–Kier alpha value is -0.730. The van der Waals surface area contributed by atoms with Crippen molar-refractivity contribution in [3.63, 3.8) is 0 Å². The van der Waals surface area contributed by atoms with E-state index < -0.39 is 5.43 Å². The van der Waals surface area contributed by atoms with E-state index in [2.05, 4.69) is 0 Å². The number of hydrogen-bond donors (Lipinski definition) is 0. The maximum absolute atomic E-state index is 10.7. The molecule has 0 atom stereocenters. The van der Waals surface area contributed by atoms with Gasteiger partial charge in [0.05, 0.1) is 0 Å². The van der Waals surface area contributed by atoms with E-state index in [0.717, 1.165) is 11.1 Å². The average Bonchev–Trinajstić information content (AvgIpc) is 2.09. The van der Waals surface area contributed by atoms with Crippen molar-refractivity contribution in [1.82, 2.24) is 0 Å². The van der Waals surface area contributed by atoms with Gasteiger partial charge in [-0.15, -0.1) is 0 Å². The third-order valence-corrected chi connectivity index (χ3v) is 2.59. The van der Waals surface area contributed by atoms with Crippen LogP contribution in [0.25, 0.3) is 0 Å². The largest absolute Gasteiger partial charge is 0.414 e. The molecule has 1 aromatic rings. The van der Waals surface area contributed by atoms with Crippen LogP contribution in [0.1, 0.15) is 30.9 Å². The van der Waals surface area contributed by atoms with Crippen LogP contribution in [0.5, 0.6) is 5.75 Å². The molecule has 0 aliphatic carbocycles. The lowest BCUT2D eigenvalue weighted by Crippen LogP contribution is -2.02. The third-order valence-electron chi connectivity index (χ3n) is 2.10. The van der Waals surface area contributed by atoms with E-state index in [0.29, 0.717) is 10.8 Å². The van der Waals surface area contributed by atoms with Crippen LogP contribution < -0.4 is 4.74 Å². The fourth-order valence-electron chi connectivity index (χ4n) is 1.30. The predicted molar refractivity (Wildman–Crippen MR) is 62.2 cm³/mol. The summed E-state index contributed by atoms with van der Waals surface area (Å²) in [5.74, 6) is 0.695. The molecule has 1 aromatic carbocycles. The van der Waals surface area contributed by atoms with E-state index in [4.69, 9.17) is 27.9 Å². The van der Waals surface area contributed by atoms with Crippen LogP contribution in [0.2, 0.25) is 5.02 Å². The molecule has 82 valence electrons. The van der Waals surface area contributed by atoms with Gasteiger partial charge in [-0.05, 0) is 36.1 Å². The molecule has 1 rings (SSSR count). The molecular formula is C11H12Cl2O2. The summed E-state index contributed by atoms with van der Waals surface area (Å²) in [6.07, 6.45) is 0. The number of carbonyl (C=O) groups excluding carboxylic acids is 1. The zero-order valence-corrected chi connectivity index (χ0v) is 10.3. The van der Waals surface area contributed by atoms with Crippen LogP contribution in [0.15, 0.2) is 12.1 Å². The Morgan fingerprint density at radius 2 is 2.00 bits per heavy atom. The normalized spacial score (nSPS) is 10.5. The van der Waals surface area contributed by atoms with Gasteiger partial charge >= 0.3 is 5.43 Å². The molecule has 0 radical (unpaired) electrons. The van der Waals surface area contributed by atoms with E-state index in [1.54, 1.807) is 12.1 Å². The monoisotopic (exact) mass is 246 g/mol. The van der Waals surface area contributed by atoms with Gasteiger partial charge in [-0.2, -0.15) is 0 Å². The number of halogens is 2. The van der Waals surface area contributed by atoms with Crippen molar-refractivity contribution in [2.45, 2.75) is 26.7 Å². The maximum Gasteiger partial charge on any atom is 0.409 e. The summed E-state index contributed by atoms with van der Waals surface area (Å²) in [6, 6.07) is 3.52. The van der Waals surface area contributed by atoms with Crippen molar-refractivity contribution in [3.05, 3.63) is 28.3 Å². The molecule has 0 aliphatic heterocycles. The van der Waals surface area contributed by atoms with Crippen molar-refractivity contribution in [3.8, 4) is 5.75 Å². The first-order valence-corrected chi connectivity index (χ1v) is 5.34. The molecule has 0 saturated heterocycles. The van der Waals surface area contributed by atoms with Crippen LogP contribution in [-0.4, -0.2) is 5.43 Å². The maximum atomic E-state index is 10.7. The number of carbonyl (C=O) groups is 1. The summed E-state index contributed by atoms with van der Waals surface area (Å²) >= 11 is 11.2. The lowest BCUT2D eigenvalue weighted by molar-refractivity contribution is 0.225. The zero-order chi connectivity index (χ0) is 11.6. The Bertz CT molecular complexity index is 386. The lowest BCUT2D eigenvalue weighted by atomic mass is 10.0. The minimum atomic E-state index is -0.835. The standard InChI is InChI=1S/C11H12Cl2O2/c1-6(2)8-5-9(12)7(3)4-10(8)15-11(13)14/h4-6H,1-3H3. The van der Waals surface area contributed by atoms with Crippen LogP contribution in [0.4, 0.5) is 4.79 Å². The van der Waals surface area contributed by atoms with Gasteiger partial charge in [-0.1, -0.05) is 25.4 Å². The van der Waals surface area contributed by atoms with Gasteiger partial charge in [0.15, 0.2) is 0 Å². The first-order chi connectivity index (χ1) is 6.91. The zero-order valence-electron chi connectivity index (χ0n) is 8.80. The highest BCUT2D eigenvalue weighted by atomic mass is 35.5. The fraction of sp³-hybridized carbons (Fsp3) is 0.364. The van der Waals surface area contributed by atoms with Gasteiger partial charge in [-0.3, -0.25) is 0 Å². The highest BCUT2D eigenvalue weighted by Crippen LogP contribution is 2.32. The molecule has 0 aromatic heterocycles. The van der Waals surface area contributed by atoms with E-state index >= 15 is 0 Å². The number of benzene rings is 1. The summed E-state index contributed by atoms with van der Waals surface area (Å²) in [5.41, 5.74) is 0.896. The first kappa shape index (κ1) is 12.3. The Morgan fingerprint density at radius 3 is 2.47 bits per heavy atom. The smallest absolute Gasteiger partial charge is 0.409 e. The van der Waals surface area contributed by atoms with Gasteiger partial charge in [-0.25, -0.2) is 4.79 Å². The molecule has 0 spiro atoms. The quantitative estimate of drug-likeness (QED) is 0.718. The highest BCUT2D eigenvalue weighted by molar-refractivity contribution is 6.61. The van der Waals surface area contributed by atoms with Gasteiger partial charge in [0.2, 0.25) is 0 Å². The van der Waals surface area contributed by atoms with Gasteiger partial charge < -0.3 is 4.74 Å². The number of ether oxygens (including phenoxy) is 1. The Balaban J connectivity index is 3.21. The Morgan fingerprint density at radius 1 is 1.40 bits per heavy atom. The van der Waals surface area contributed by atoms with Gasteiger partial charge in [0, 0.05) is 16.6 Å². The molecule has 0 fully saturated rings. The Kier molecular flexibility index (Phi) is 4.00. The highest BCUT2D eigenvalue weighted by Gasteiger charge is 2.13. The minimum absolute atomic E-state index is 0.217. The molecule has 4 heteroatoms. The van der Waals surface area contributed by atoms with Crippen LogP contribution in [0.3, 0.4) is 0 Å². The molecule has 0 N–H and O–H groups in total. The van der Waals surface area contributed by atoms with Gasteiger partial charge in [0.1, 0.15) is 5.75 Å². The SMILES string of the molecule is Cc1cc(OC(=O)Cl)c(C(C)C)cc1Cl. The van der Waals surface area contributed by atoms with Crippen LogP contribution in [-0.2, 0) is 0 Å². The average molecular weight is 247 g/mol. The summed E-state index contributed by atoms with van der Waals surface area (Å²) in [4.78, 5) is 10.7. The first-order valence-electron chi connectivity index (χ1n) is 4.59. The molecule has 0 heterocycles. The summed E-state index contributed by atoms with van der Waals surface area (Å²) in [7, 11) is 0. The number of rotatable bonds is 2. The van der Waals surface area contributed by atoms with E-state index in [-0.39, 0.29) is 5.92 Å². The van der Waals surface area contributed by atoms with Crippen LogP contribution >= 0.6 is 23.2 Å². The summed E-state index contributed by atoms with van der Waals surface area (Å²) in [5, 5.41) is 0.660. The molecular weight excluding hydrogens is 235 g/mol. The van der Waals surface area contributed by atoms with Gasteiger partial charge in [0.25, 0.3) is 0 Å². The fourth-order valence-corrected chi connectivity index (χ4v) is 1.55. The summed E-state index contributed by atoms with van der Waals surface area (Å²) in [6.45, 7) is 5.83. The molecule has 0 amide bonds. The second kappa shape index (κ2) is 4.86. The van der Waals surface area contributed by atoms with Crippen LogP contribution in [0, 0.1) is 6.92 Å². The second-order valence-corrected chi connectivity index (χ2v) is 4.35. The molecule has 0 bridgehead atoms. The molecule has 0 aliphatic rings. The molecule has 15 heavy (non-hydrogen) atoms. The number of hydrogen-bond acceptors (Lipinski definition) is 2. The predicted octanol–water partition coefficient (Wildman–Crippen LogP) is 4.51. The second-order valence-electron chi connectivity index (χ2n) is 3.63. The number of aryl methyl sites for hydroxylation is 1. The lowest BCUT2D eigenvalue weighted by Gasteiger charge is -2.13. The van der Waals surface area contributed by atoms with Crippen molar-refractivity contribution in [2.24, 2.45) is 0 Å². The Labute approximate surface area is 99.1 Å². The molecule has 2 nitrogen and oxygen atoms in total. The van der Waals surface area contributed by atoms with E-state index in [9.17, 15) is 4.79 Å². The molecule has 0 unspecified atom stereocenters. The van der Waals surface area contributed by atoms with Crippen molar-refractivity contribution >= 4 is 28.6 Å². The summed E-state index contributed by atoms with van der Waals surface area (Å²) < 4.78 is 4.91. The van der Waals surface area contributed by atoms with E-state index in [1.165, 1.54) is 0 Å². The van der Waals surface area contributed by atoms with E-state index in [1.807, 2.05) is 20.8 Å². The van der Waals surface area contributed by atoms with Crippen molar-refractivity contribution < 1.29 is 9.53 Å².